The van der Waals surface area contributed by atoms with E-state index in [1.807, 2.05) is 27.7 Å². The molecule has 0 bridgehead atoms. The zero-order valence-corrected chi connectivity index (χ0v) is 63.6. The van der Waals surface area contributed by atoms with Crippen molar-refractivity contribution in [2.75, 3.05) is 148 Å². The highest BCUT2D eigenvalue weighted by atomic mass is 33.1. The molecular weight excluding hydrogens is 1420 g/mol. The molecule has 0 saturated heterocycles. The van der Waals surface area contributed by atoms with E-state index in [2.05, 4.69) is 79.4 Å². The molecule has 35 nitrogen and oxygen atoms in total. The molecule has 0 fully saturated rings. The molecule has 104 heavy (non-hydrogen) atoms. The lowest BCUT2D eigenvalue weighted by atomic mass is 9.94. The van der Waals surface area contributed by atoms with E-state index < -0.39 is 89.0 Å². The van der Waals surface area contributed by atoms with Crippen LogP contribution in [0.4, 0.5) is 0 Å². The van der Waals surface area contributed by atoms with Crippen LogP contribution < -0.4 is 80.6 Å². The maximum atomic E-state index is 14.3. The Bertz CT molecular complexity index is 2760. The number of likely N-dealkylation sites (N-methyl/N-ethyl adjacent to an activating group) is 1. The van der Waals surface area contributed by atoms with Gasteiger partial charge in [0.15, 0.2) is 0 Å². The van der Waals surface area contributed by atoms with Gasteiger partial charge in [0, 0.05) is 69.2 Å². The molecule has 0 aromatic heterocycles. The fraction of sp³-hybridized carbons (Fsp3) is 0.697. The molecule has 0 unspecified atom stereocenters. The molecule has 1 aromatic rings. The summed E-state index contributed by atoms with van der Waals surface area (Å²) in [4.78, 5) is 152. The summed E-state index contributed by atoms with van der Waals surface area (Å²) in [6, 6.07) is 4.35. The van der Waals surface area contributed by atoms with Crippen LogP contribution in [-0.2, 0) is 82.9 Å². The van der Waals surface area contributed by atoms with E-state index in [1.165, 1.54) is 11.8 Å². The van der Waals surface area contributed by atoms with E-state index in [0.717, 1.165) is 40.0 Å². The number of carbonyl (C=O) groups excluding carboxylic acids is 12. The molecule has 19 N–H and O–H groups in total. The number of ether oxygens (including phenoxy) is 4. The second-order valence-electron chi connectivity index (χ2n) is 24.9. The molecule has 590 valence electrons. The molecule has 38 heteroatoms. The highest BCUT2D eigenvalue weighted by Crippen LogP contribution is 2.24. The van der Waals surface area contributed by atoms with Crippen molar-refractivity contribution in [3.63, 3.8) is 0 Å². The quantitative estimate of drug-likeness (QED) is 0.00799. The summed E-state index contributed by atoms with van der Waals surface area (Å²) in [6.45, 7) is 13.7. The Labute approximate surface area is 622 Å². The average Bonchev–Trinajstić information content (AvgIpc) is 0.895. The normalized spacial score (nSPS) is 13.0. The van der Waals surface area contributed by atoms with Crippen molar-refractivity contribution < 1.29 is 86.9 Å². The van der Waals surface area contributed by atoms with Gasteiger partial charge in [-0.15, -0.1) is 0 Å². The van der Waals surface area contributed by atoms with Gasteiger partial charge in [0.2, 0.25) is 65.0 Å². The number of nitrogens with one attached hydrogen (secondary N) is 13. The average molecular weight is 1530 g/mol. The molecule has 0 spiro atoms. The van der Waals surface area contributed by atoms with Crippen molar-refractivity contribution in [1.82, 2.24) is 69.1 Å². The van der Waals surface area contributed by atoms with E-state index in [1.54, 1.807) is 51.2 Å². The molecule has 1 rings (SSSR count). The first kappa shape index (κ1) is 94.7. The Morgan fingerprint density at radius 3 is 1.62 bits per heavy atom. The summed E-state index contributed by atoms with van der Waals surface area (Å²) >= 11 is 1.30. The molecule has 0 aliphatic heterocycles. The predicted octanol–water partition coefficient (Wildman–Crippen LogP) is -2.53. The number of amides is 11. The lowest BCUT2D eigenvalue weighted by Gasteiger charge is -2.28. The Balaban J connectivity index is 3.04. The van der Waals surface area contributed by atoms with Gasteiger partial charge in [0.25, 0.3) is 0 Å². The van der Waals surface area contributed by atoms with Crippen LogP contribution in [0.2, 0.25) is 0 Å². The van der Waals surface area contributed by atoms with Crippen molar-refractivity contribution in [2.45, 2.75) is 141 Å². The van der Waals surface area contributed by atoms with E-state index in [9.17, 15) is 67.9 Å². The third kappa shape index (κ3) is 48.0. The number of primary amides is 2. The summed E-state index contributed by atoms with van der Waals surface area (Å²) in [6.07, 6.45) is 4.35. The topological polar surface area (TPSA) is 515 Å². The summed E-state index contributed by atoms with van der Waals surface area (Å²) in [7, 11) is 3.69. The van der Waals surface area contributed by atoms with Crippen molar-refractivity contribution in [2.24, 2.45) is 27.7 Å². The van der Waals surface area contributed by atoms with Crippen LogP contribution in [0, 0.1) is 5.92 Å². The largest absolute Gasteiger partial charge is 0.411 e. The van der Waals surface area contributed by atoms with Crippen LogP contribution >= 0.6 is 33.3 Å². The van der Waals surface area contributed by atoms with Gasteiger partial charge in [0.05, 0.1) is 93.6 Å². The summed E-state index contributed by atoms with van der Waals surface area (Å²) in [5.41, 5.74) is 11.4. The van der Waals surface area contributed by atoms with Gasteiger partial charge < -0.3 is 115 Å². The molecule has 0 radical (unpaired) electrons. The zero-order chi connectivity index (χ0) is 77.4. The van der Waals surface area contributed by atoms with Crippen molar-refractivity contribution in [3.05, 3.63) is 35.9 Å². The van der Waals surface area contributed by atoms with Crippen LogP contribution in [-0.4, -0.2) is 277 Å². The lowest BCUT2D eigenvalue weighted by Crippen LogP contribution is -2.55. The minimum absolute atomic E-state index is 0.0761. The highest BCUT2D eigenvalue weighted by molar-refractivity contribution is 8.76. The van der Waals surface area contributed by atoms with E-state index in [-0.39, 0.29) is 159 Å². The molecule has 1 aromatic carbocycles. The molecule has 0 aliphatic rings. The fourth-order valence-electron chi connectivity index (χ4n) is 9.16. The van der Waals surface area contributed by atoms with Gasteiger partial charge in [-0.1, -0.05) is 62.2 Å². The zero-order valence-electron chi connectivity index (χ0n) is 61.2. The van der Waals surface area contributed by atoms with Crippen LogP contribution in [0.3, 0.4) is 0 Å². The summed E-state index contributed by atoms with van der Waals surface area (Å²) in [5.74, 6) is -5.41. The number of aldehydes is 1. The minimum atomic E-state index is -1.29. The van der Waals surface area contributed by atoms with Gasteiger partial charge in [-0.25, -0.2) is 0 Å². The highest BCUT2D eigenvalue weighted by Gasteiger charge is 2.30. The van der Waals surface area contributed by atoms with Crippen molar-refractivity contribution in [3.8, 4) is 0 Å². The van der Waals surface area contributed by atoms with Crippen LogP contribution in [0.1, 0.15) is 105 Å². The Morgan fingerprint density at radius 1 is 0.529 bits per heavy atom. The Morgan fingerprint density at radius 2 is 1.06 bits per heavy atom. The van der Waals surface area contributed by atoms with E-state index >= 15 is 0 Å². The molecule has 0 saturated carbocycles. The first-order valence-corrected chi connectivity index (χ1v) is 38.3. The number of hydrogen-bond acceptors (Lipinski definition) is 27. The maximum absolute atomic E-state index is 14.3. The van der Waals surface area contributed by atoms with E-state index in [0.29, 0.717) is 68.8 Å². The number of benzene rings is 1. The molecule has 11 amide bonds. The summed E-state index contributed by atoms with van der Waals surface area (Å²) < 4.78 is 21.2. The number of hydrogen-bond donors (Lipinski definition) is 17. The smallest absolute Gasteiger partial charge is 0.246 e. The fourth-order valence-corrected chi connectivity index (χ4v) is 12.2. The van der Waals surface area contributed by atoms with Crippen LogP contribution in [0.5, 0.6) is 0 Å². The minimum Gasteiger partial charge on any atom is -0.411 e. The second kappa shape index (κ2) is 58.0. The standard InChI is InChI=1S/C66H115N17O18S3/c1-46(82-96)65(3,4)77-24-20-48(21-25-78-66(5,6)47(2)83-97)19-23-72-56(87)18-13-17-55(86)71-22-12-11-16-50(70-29-37-102-45-60(91)75-28-32-99-34-36-100-35-33-98-31-27-74-59(90)42-101-41-54(67)85)63(94)81-52(62(93)76-40-57(88)73-26-30-84)43-103-104-44-53(79-58(89)39-69-7)64(95)80-51(61(68)92)38-49-14-9-8-10-15-49/h8-10,14-15,30,48,50-53,69-70,77-78,96-97H,11-13,16-29,31-45H2,1-7H3,(H2,67,85)(H2,68,92)(H,71,86)(H,72,87)(H,73,88)(H,74,90)(H,75,91)(H,76,93)(H,79,89)(H,80,95)(H,81,94)/b82-46-,83-47-/t50-,51-,52-,53-/m0/s1. The van der Waals surface area contributed by atoms with Gasteiger partial charge in [-0.3, -0.25) is 52.7 Å². The van der Waals surface area contributed by atoms with Crippen molar-refractivity contribution in [1.29, 1.82) is 0 Å². The predicted molar refractivity (Wildman–Crippen MR) is 399 cm³/mol. The monoisotopic (exact) mass is 1530 g/mol. The number of unbranched alkanes of at least 4 members (excludes halogenated alkanes) is 1. The SMILES string of the molecule is CNCC(=O)N[C@@H](CSSC[C@H](NC(=O)[C@H](CCCCNC(=O)CCCC(=O)NCCC(CCNC(C)(C)/C(C)=N\O)CCNC(C)(C)/C(C)=N\O)NCCSCC(=O)NCCOCCOCCOCCNC(=O)COCC(N)=O)C(=O)NCC(=O)NCC=O)C(=O)N[C@@H](Cc1ccccc1)C(N)=O. The lowest BCUT2D eigenvalue weighted by molar-refractivity contribution is -0.130. The van der Waals surface area contributed by atoms with Gasteiger partial charge in [0.1, 0.15) is 37.6 Å². The maximum Gasteiger partial charge on any atom is 0.246 e. The number of carbonyl (C=O) groups is 12. The Hall–Kier alpha value is -7.27. The molecule has 0 heterocycles. The number of thioether (sulfide) groups is 1. The molecule has 4 atom stereocenters. The number of rotatable bonds is 64. The summed E-state index contributed by atoms with van der Waals surface area (Å²) in [5, 5.41) is 62.3. The third-order valence-electron chi connectivity index (χ3n) is 15.7. The second-order valence-corrected chi connectivity index (χ2v) is 28.6. The number of nitrogens with zero attached hydrogens (tertiary/aromatic N) is 2. The van der Waals surface area contributed by atoms with E-state index in [4.69, 9.17) is 30.4 Å². The van der Waals surface area contributed by atoms with Crippen LogP contribution in [0.15, 0.2) is 40.6 Å². The van der Waals surface area contributed by atoms with Crippen LogP contribution in [0.25, 0.3) is 0 Å². The third-order valence-corrected chi connectivity index (χ3v) is 19.1. The molecular formula is C66H115N17O18S3. The van der Waals surface area contributed by atoms with Gasteiger partial charge in [-0.05, 0) is 118 Å². The first-order chi connectivity index (χ1) is 49.7. The molecule has 0 aliphatic carbocycles. The van der Waals surface area contributed by atoms with Gasteiger partial charge in [-0.2, -0.15) is 11.8 Å². The Kier molecular flexibility index (Phi) is 52.8. The van der Waals surface area contributed by atoms with Crippen molar-refractivity contribution >= 4 is 116 Å². The first-order valence-electron chi connectivity index (χ1n) is 34.6. The number of oxime groups is 2. The number of nitrogens with two attached hydrogens (primary N) is 2. The van der Waals surface area contributed by atoms with Gasteiger partial charge >= 0.3 is 0 Å².